The Labute approximate surface area is 206 Å². The predicted molar refractivity (Wildman–Crippen MR) is 122 cm³/mol. The summed E-state index contributed by atoms with van der Waals surface area (Å²) in [6.07, 6.45) is -1.42. The van der Waals surface area contributed by atoms with E-state index >= 15 is 4.39 Å². The van der Waals surface area contributed by atoms with Crippen molar-refractivity contribution in [3.8, 4) is 29.2 Å². The molecule has 0 bridgehead atoms. The van der Waals surface area contributed by atoms with Crippen LogP contribution in [0.1, 0.15) is 31.9 Å². The predicted octanol–water partition coefficient (Wildman–Crippen LogP) is 5.71. The van der Waals surface area contributed by atoms with Crippen LogP contribution in [0.4, 0.5) is 13.2 Å². The molecule has 0 aliphatic rings. The van der Waals surface area contributed by atoms with Crippen molar-refractivity contribution in [2.75, 3.05) is 6.61 Å². The number of carbonyl (C=O) groups is 1. The molecule has 3 aromatic rings. The lowest BCUT2D eigenvalue weighted by Crippen LogP contribution is -2.35. The van der Waals surface area contributed by atoms with Gasteiger partial charge < -0.3 is 18.9 Å². The van der Waals surface area contributed by atoms with Crippen LogP contribution < -0.4 is 14.2 Å². The van der Waals surface area contributed by atoms with Crippen molar-refractivity contribution >= 4 is 5.97 Å². The summed E-state index contributed by atoms with van der Waals surface area (Å²) in [7, 11) is 0. The molecule has 0 N–H and O–H groups in total. The maximum atomic E-state index is 15.3. The molecule has 10 heteroatoms. The van der Waals surface area contributed by atoms with E-state index < -0.39 is 47.2 Å². The molecule has 1 atom stereocenters. The van der Waals surface area contributed by atoms with Crippen LogP contribution in [0.5, 0.6) is 23.1 Å². The van der Waals surface area contributed by atoms with Gasteiger partial charge in [-0.3, -0.25) is 0 Å². The molecule has 0 spiro atoms. The minimum Gasteiger partial charge on any atom is -0.485 e. The van der Waals surface area contributed by atoms with E-state index in [0.29, 0.717) is 0 Å². The minimum absolute atomic E-state index is 0.0104. The van der Waals surface area contributed by atoms with Crippen LogP contribution in [0.2, 0.25) is 0 Å². The summed E-state index contributed by atoms with van der Waals surface area (Å²) >= 11 is 0. The van der Waals surface area contributed by atoms with E-state index in [0.717, 1.165) is 5.56 Å². The molecule has 188 valence electrons. The number of carbonyl (C=O) groups excluding carboxylic acids is 1. The van der Waals surface area contributed by atoms with Crippen molar-refractivity contribution < 1.29 is 36.9 Å². The molecule has 0 aliphatic heterocycles. The first kappa shape index (κ1) is 26.3. The van der Waals surface area contributed by atoms with Crippen LogP contribution in [-0.2, 0) is 16.1 Å². The highest BCUT2D eigenvalue weighted by atomic mass is 19.2. The van der Waals surface area contributed by atoms with Crippen LogP contribution in [0.25, 0.3) is 0 Å². The molecular weight excluding hydrogens is 477 g/mol. The molecular formula is C26H23F3N2O5. The Kier molecular flexibility index (Phi) is 8.73. The van der Waals surface area contributed by atoms with Gasteiger partial charge in [0, 0.05) is 12.0 Å². The quantitative estimate of drug-likeness (QED) is 0.260. The molecule has 2 aromatic carbocycles. The Morgan fingerprint density at radius 1 is 1.06 bits per heavy atom. The Morgan fingerprint density at radius 3 is 2.42 bits per heavy atom. The Morgan fingerprint density at radius 2 is 1.78 bits per heavy atom. The van der Waals surface area contributed by atoms with Gasteiger partial charge in [0.2, 0.25) is 17.4 Å². The first-order chi connectivity index (χ1) is 17.2. The molecule has 0 saturated carbocycles. The van der Waals surface area contributed by atoms with Crippen molar-refractivity contribution in [2.24, 2.45) is 5.92 Å². The highest BCUT2D eigenvalue weighted by Crippen LogP contribution is 2.37. The van der Waals surface area contributed by atoms with E-state index in [2.05, 4.69) is 4.98 Å². The highest BCUT2D eigenvalue weighted by molar-refractivity contribution is 5.75. The third kappa shape index (κ3) is 6.24. The zero-order valence-electron chi connectivity index (χ0n) is 19.8. The number of aromatic nitrogens is 1. The van der Waals surface area contributed by atoms with Crippen LogP contribution in [-0.4, -0.2) is 23.7 Å². The lowest BCUT2D eigenvalue weighted by Gasteiger charge is -2.22. The largest absolute Gasteiger partial charge is 0.485 e. The standard InChI is InChI=1S/C26H23F3N2O5/c1-4-33-26(32)22(15(2)3)36-23-20(27)24(29)31-25(21(23)28)35-19-12-17(13-30)10-11-18(19)34-14-16-8-6-5-7-9-16/h5-12,15,22H,4,14H2,1-3H3. The van der Waals surface area contributed by atoms with Gasteiger partial charge in [-0.2, -0.15) is 23.4 Å². The van der Waals surface area contributed by atoms with Gasteiger partial charge in [0.25, 0.3) is 11.8 Å². The molecule has 0 fully saturated rings. The molecule has 0 aliphatic carbocycles. The number of hydrogen-bond acceptors (Lipinski definition) is 7. The normalized spacial score (nSPS) is 11.5. The van der Waals surface area contributed by atoms with Crippen molar-refractivity contribution in [3.63, 3.8) is 0 Å². The average molecular weight is 500 g/mol. The van der Waals surface area contributed by atoms with Gasteiger partial charge in [-0.25, -0.2) is 4.79 Å². The molecule has 1 unspecified atom stereocenters. The number of nitriles is 1. The van der Waals surface area contributed by atoms with Crippen LogP contribution in [0.15, 0.2) is 48.5 Å². The maximum Gasteiger partial charge on any atom is 0.347 e. The summed E-state index contributed by atoms with van der Waals surface area (Å²) in [4.78, 5) is 15.4. The number of rotatable bonds is 10. The molecule has 3 rings (SSSR count). The van der Waals surface area contributed by atoms with Gasteiger partial charge in [0.1, 0.15) is 6.61 Å². The van der Waals surface area contributed by atoms with Crippen LogP contribution in [0, 0.1) is 34.8 Å². The summed E-state index contributed by atoms with van der Waals surface area (Å²) < 4.78 is 65.3. The number of nitrogens with zero attached hydrogens (tertiary/aromatic N) is 2. The number of pyridine rings is 1. The molecule has 0 radical (unpaired) electrons. The van der Waals surface area contributed by atoms with Crippen molar-refractivity contribution in [3.05, 3.63) is 77.2 Å². The third-order valence-corrected chi connectivity index (χ3v) is 4.85. The molecule has 7 nitrogen and oxygen atoms in total. The lowest BCUT2D eigenvalue weighted by molar-refractivity contribution is -0.153. The van der Waals surface area contributed by atoms with E-state index in [-0.39, 0.29) is 30.3 Å². The Hall–Kier alpha value is -4.26. The van der Waals surface area contributed by atoms with Crippen molar-refractivity contribution in [1.82, 2.24) is 4.98 Å². The highest BCUT2D eigenvalue weighted by Gasteiger charge is 2.32. The lowest BCUT2D eigenvalue weighted by atomic mass is 10.1. The van der Waals surface area contributed by atoms with E-state index in [1.807, 2.05) is 36.4 Å². The zero-order chi connectivity index (χ0) is 26.2. The second-order valence-electron chi connectivity index (χ2n) is 7.85. The fourth-order valence-electron chi connectivity index (χ4n) is 3.07. The van der Waals surface area contributed by atoms with Gasteiger partial charge >= 0.3 is 5.97 Å². The number of halogens is 3. The molecule has 36 heavy (non-hydrogen) atoms. The van der Waals surface area contributed by atoms with Crippen molar-refractivity contribution in [1.29, 1.82) is 5.26 Å². The number of esters is 1. The zero-order valence-corrected chi connectivity index (χ0v) is 19.8. The topological polar surface area (TPSA) is 90.7 Å². The fourth-order valence-corrected chi connectivity index (χ4v) is 3.07. The van der Waals surface area contributed by atoms with E-state index in [9.17, 15) is 18.8 Å². The summed E-state index contributed by atoms with van der Waals surface area (Å²) in [6.45, 7) is 4.81. The first-order valence-corrected chi connectivity index (χ1v) is 11.0. The fraction of sp³-hybridized carbons (Fsp3) is 0.269. The molecule has 1 heterocycles. The molecule has 1 aromatic heterocycles. The van der Waals surface area contributed by atoms with Gasteiger partial charge in [0.15, 0.2) is 17.6 Å². The smallest absolute Gasteiger partial charge is 0.347 e. The first-order valence-electron chi connectivity index (χ1n) is 11.0. The minimum atomic E-state index is -1.74. The Balaban J connectivity index is 1.96. The number of ether oxygens (including phenoxy) is 4. The average Bonchev–Trinajstić information content (AvgIpc) is 2.87. The Bertz CT molecular complexity index is 1260. The maximum absolute atomic E-state index is 15.3. The third-order valence-electron chi connectivity index (χ3n) is 4.85. The van der Waals surface area contributed by atoms with Gasteiger partial charge in [-0.15, -0.1) is 0 Å². The SMILES string of the molecule is CCOC(=O)C(Oc1c(F)c(F)nc(Oc2cc(C#N)ccc2OCc2ccccc2)c1F)C(C)C. The number of benzene rings is 2. The van der Waals surface area contributed by atoms with Crippen LogP contribution in [0.3, 0.4) is 0 Å². The second kappa shape index (κ2) is 11.9. The van der Waals surface area contributed by atoms with E-state index in [1.165, 1.54) is 18.2 Å². The van der Waals surface area contributed by atoms with Crippen LogP contribution >= 0.6 is 0 Å². The van der Waals surface area contributed by atoms with Crippen molar-refractivity contribution in [2.45, 2.75) is 33.5 Å². The van der Waals surface area contributed by atoms with E-state index in [4.69, 9.17) is 18.9 Å². The summed E-state index contributed by atoms with van der Waals surface area (Å²) in [5.41, 5.74) is 0.957. The van der Waals surface area contributed by atoms with Gasteiger partial charge in [0.05, 0.1) is 18.2 Å². The second-order valence-corrected chi connectivity index (χ2v) is 7.85. The molecule has 0 amide bonds. The monoisotopic (exact) mass is 500 g/mol. The van der Waals surface area contributed by atoms with Gasteiger partial charge in [-0.1, -0.05) is 44.2 Å². The molecule has 0 saturated heterocycles. The summed E-state index contributed by atoms with van der Waals surface area (Å²) in [6, 6.07) is 15.1. The van der Waals surface area contributed by atoms with E-state index in [1.54, 1.807) is 20.8 Å². The number of hydrogen-bond donors (Lipinski definition) is 0. The summed E-state index contributed by atoms with van der Waals surface area (Å²) in [5.74, 6) is -8.60. The summed E-state index contributed by atoms with van der Waals surface area (Å²) in [5, 5.41) is 9.24. The van der Waals surface area contributed by atoms with Gasteiger partial charge in [-0.05, 0) is 24.6 Å².